The molecule has 0 aromatic heterocycles. The van der Waals surface area contributed by atoms with Crippen LogP contribution in [0.5, 0.6) is 0 Å². The summed E-state index contributed by atoms with van der Waals surface area (Å²) in [6.07, 6.45) is 4.76. The fourth-order valence-corrected chi connectivity index (χ4v) is 0.894. The second kappa shape index (κ2) is 17.4. The molecule has 0 heterocycles. The van der Waals surface area contributed by atoms with Crippen molar-refractivity contribution in [2.24, 2.45) is 0 Å². The summed E-state index contributed by atoms with van der Waals surface area (Å²) in [6, 6.07) is 0. The van der Waals surface area contributed by atoms with Crippen molar-refractivity contribution in [1.82, 2.24) is 0 Å². The molecule has 0 aliphatic heterocycles. The van der Waals surface area contributed by atoms with Crippen molar-refractivity contribution < 1.29 is 29.2 Å². The SMILES string of the molecule is C=COOC(=O)CCC(=O)OCCCC.CCCCO. The number of esters is 1. The lowest BCUT2D eigenvalue weighted by Gasteiger charge is -2.02. The molecule has 0 saturated heterocycles. The monoisotopic (exact) mass is 290 g/mol. The lowest BCUT2D eigenvalue weighted by atomic mass is 10.3. The molecule has 1 N–H and O–H groups in total. The lowest BCUT2D eigenvalue weighted by Crippen LogP contribution is -2.10. The Morgan fingerprint density at radius 1 is 1.10 bits per heavy atom. The summed E-state index contributed by atoms with van der Waals surface area (Å²) in [5, 5.41) is 8.07. The predicted octanol–water partition coefficient (Wildman–Crippen LogP) is 2.51. The van der Waals surface area contributed by atoms with Crippen LogP contribution >= 0.6 is 0 Å². The van der Waals surface area contributed by atoms with E-state index in [0.29, 0.717) is 13.2 Å². The third kappa shape index (κ3) is 18.8. The third-order valence-corrected chi connectivity index (χ3v) is 2.01. The minimum absolute atomic E-state index is 0.00303. The maximum Gasteiger partial charge on any atom is 0.355 e. The maximum absolute atomic E-state index is 11.0. The van der Waals surface area contributed by atoms with Crippen LogP contribution in [0.1, 0.15) is 52.4 Å². The van der Waals surface area contributed by atoms with Gasteiger partial charge in [-0.15, -0.1) is 0 Å². The number of aliphatic hydroxyl groups excluding tert-OH is 1. The quantitative estimate of drug-likeness (QED) is 0.219. The van der Waals surface area contributed by atoms with E-state index in [4.69, 9.17) is 9.84 Å². The van der Waals surface area contributed by atoms with E-state index in [0.717, 1.165) is 31.9 Å². The minimum Gasteiger partial charge on any atom is -0.466 e. The first-order chi connectivity index (χ1) is 9.62. The third-order valence-electron chi connectivity index (χ3n) is 2.01. The van der Waals surface area contributed by atoms with Crippen LogP contribution in [-0.4, -0.2) is 30.3 Å². The van der Waals surface area contributed by atoms with Crippen LogP contribution in [0.15, 0.2) is 12.8 Å². The summed E-state index contributed by atoms with van der Waals surface area (Å²) in [5.41, 5.74) is 0. The normalized spacial score (nSPS) is 8.95. The summed E-state index contributed by atoms with van der Waals surface area (Å²) in [7, 11) is 0. The van der Waals surface area contributed by atoms with E-state index in [1.807, 2.05) is 6.92 Å². The molecule has 0 saturated carbocycles. The van der Waals surface area contributed by atoms with Gasteiger partial charge in [0.25, 0.3) is 0 Å². The molecule has 6 heteroatoms. The Hall–Kier alpha value is -1.56. The Bertz CT molecular complexity index is 250. The molecule has 0 spiro atoms. The van der Waals surface area contributed by atoms with Crippen molar-refractivity contribution in [3.8, 4) is 0 Å². The van der Waals surface area contributed by atoms with Crippen molar-refractivity contribution in [2.75, 3.05) is 13.2 Å². The highest BCUT2D eigenvalue weighted by Crippen LogP contribution is 1.98. The van der Waals surface area contributed by atoms with Crippen LogP contribution in [0.2, 0.25) is 0 Å². The Labute approximate surface area is 120 Å². The topological polar surface area (TPSA) is 82.1 Å². The number of hydrogen-bond donors (Lipinski definition) is 1. The minimum atomic E-state index is -0.623. The first-order valence-corrected chi connectivity index (χ1v) is 6.85. The van der Waals surface area contributed by atoms with Gasteiger partial charge in [0, 0.05) is 6.61 Å². The highest BCUT2D eigenvalue weighted by atomic mass is 17.2. The second-order valence-corrected chi connectivity index (χ2v) is 3.87. The molecule has 6 nitrogen and oxygen atoms in total. The highest BCUT2D eigenvalue weighted by Gasteiger charge is 2.09. The van der Waals surface area contributed by atoms with E-state index in [1.54, 1.807) is 0 Å². The van der Waals surface area contributed by atoms with Crippen LogP contribution in [0, 0.1) is 0 Å². The van der Waals surface area contributed by atoms with Gasteiger partial charge < -0.3 is 9.84 Å². The lowest BCUT2D eigenvalue weighted by molar-refractivity contribution is -0.238. The van der Waals surface area contributed by atoms with E-state index >= 15 is 0 Å². The highest BCUT2D eigenvalue weighted by molar-refractivity contribution is 5.77. The van der Waals surface area contributed by atoms with Crippen LogP contribution in [0.3, 0.4) is 0 Å². The first-order valence-electron chi connectivity index (χ1n) is 6.85. The van der Waals surface area contributed by atoms with Gasteiger partial charge in [0.2, 0.25) is 0 Å². The van der Waals surface area contributed by atoms with Crippen LogP contribution in [0.4, 0.5) is 0 Å². The number of aliphatic hydroxyl groups is 1. The number of rotatable bonds is 10. The van der Waals surface area contributed by atoms with Gasteiger partial charge in [-0.25, -0.2) is 4.79 Å². The van der Waals surface area contributed by atoms with Crippen LogP contribution < -0.4 is 0 Å². The van der Waals surface area contributed by atoms with Gasteiger partial charge in [-0.2, -0.15) is 0 Å². The van der Waals surface area contributed by atoms with Crippen LogP contribution in [0.25, 0.3) is 0 Å². The van der Waals surface area contributed by atoms with Gasteiger partial charge >= 0.3 is 11.9 Å². The Morgan fingerprint density at radius 3 is 2.15 bits per heavy atom. The fraction of sp³-hybridized carbons (Fsp3) is 0.714. The Balaban J connectivity index is 0. The molecule has 0 unspecified atom stereocenters. The molecule has 0 aliphatic carbocycles. The average molecular weight is 290 g/mol. The van der Waals surface area contributed by atoms with Gasteiger partial charge in [0.15, 0.2) is 0 Å². The summed E-state index contributed by atoms with van der Waals surface area (Å²) in [5.74, 6) is -1.03. The molecule has 0 amide bonds. The van der Waals surface area contributed by atoms with Crippen molar-refractivity contribution in [3.05, 3.63) is 12.8 Å². The predicted molar refractivity (Wildman–Crippen MR) is 74.5 cm³/mol. The molecule has 0 rings (SSSR count). The zero-order valence-electron chi connectivity index (χ0n) is 12.4. The molecule has 118 valence electrons. The zero-order chi connectivity index (χ0) is 15.6. The molecule has 0 aromatic carbocycles. The number of carbonyl (C=O) groups is 2. The largest absolute Gasteiger partial charge is 0.466 e. The summed E-state index contributed by atoms with van der Waals surface area (Å²) in [6.45, 7) is 7.98. The molecule has 20 heavy (non-hydrogen) atoms. The van der Waals surface area contributed by atoms with Crippen molar-refractivity contribution in [2.45, 2.75) is 52.4 Å². The van der Waals surface area contributed by atoms with E-state index in [2.05, 4.69) is 23.3 Å². The van der Waals surface area contributed by atoms with E-state index in [-0.39, 0.29) is 12.8 Å². The van der Waals surface area contributed by atoms with Crippen molar-refractivity contribution in [1.29, 1.82) is 0 Å². The Morgan fingerprint density at radius 2 is 1.70 bits per heavy atom. The summed E-state index contributed by atoms with van der Waals surface area (Å²) < 4.78 is 4.83. The average Bonchev–Trinajstić information content (AvgIpc) is 2.44. The number of hydrogen-bond acceptors (Lipinski definition) is 6. The number of unbranched alkanes of at least 4 members (excludes halogenated alkanes) is 2. The van der Waals surface area contributed by atoms with E-state index in [9.17, 15) is 9.59 Å². The number of carbonyl (C=O) groups excluding carboxylic acids is 2. The Kier molecular flexibility index (Phi) is 18.1. The van der Waals surface area contributed by atoms with E-state index in [1.165, 1.54) is 0 Å². The first kappa shape index (κ1) is 20.8. The molecule has 0 aliphatic rings. The van der Waals surface area contributed by atoms with Crippen molar-refractivity contribution >= 4 is 11.9 Å². The van der Waals surface area contributed by atoms with Gasteiger partial charge in [-0.05, 0) is 12.8 Å². The molecular weight excluding hydrogens is 264 g/mol. The summed E-state index contributed by atoms with van der Waals surface area (Å²) in [4.78, 5) is 30.2. The van der Waals surface area contributed by atoms with Gasteiger partial charge in [0.1, 0.15) is 6.26 Å². The maximum atomic E-state index is 11.0. The van der Waals surface area contributed by atoms with Gasteiger partial charge in [-0.1, -0.05) is 33.3 Å². The molecular formula is C14H26O6. The van der Waals surface area contributed by atoms with Crippen LogP contribution in [-0.2, 0) is 24.1 Å². The smallest absolute Gasteiger partial charge is 0.355 e. The second-order valence-electron chi connectivity index (χ2n) is 3.87. The molecule has 0 radical (unpaired) electrons. The van der Waals surface area contributed by atoms with Gasteiger partial charge in [-0.3, -0.25) is 14.6 Å². The molecule has 0 bridgehead atoms. The standard InChI is InChI=1S/C10H16O5.C4H10O/c1-3-5-8-13-9(11)6-7-10(12)15-14-4-2;1-2-3-4-5/h4H,2-3,5-8H2,1H3;5H,2-4H2,1H3. The molecule has 0 atom stereocenters. The number of ether oxygens (including phenoxy) is 1. The molecule has 0 fully saturated rings. The van der Waals surface area contributed by atoms with Gasteiger partial charge in [0.05, 0.1) is 19.4 Å². The molecule has 0 aromatic rings. The van der Waals surface area contributed by atoms with E-state index < -0.39 is 11.9 Å². The zero-order valence-corrected chi connectivity index (χ0v) is 12.4. The fourth-order valence-electron chi connectivity index (χ4n) is 0.894. The van der Waals surface area contributed by atoms with Crippen molar-refractivity contribution in [3.63, 3.8) is 0 Å². The summed E-state index contributed by atoms with van der Waals surface area (Å²) >= 11 is 0.